The number of fused-ring (bicyclic) bond motifs is 3. The van der Waals surface area contributed by atoms with E-state index in [-0.39, 0.29) is 44.4 Å². The van der Waals surface area contributed by atoms with Gasteiger partial charge in [0.15, 0.2) is 11.2 Å². The molecule has 5 heterocycles. The number of aliphatic hydroxyl groups is 3. The Labute approximate surface area is 370 Å². The Morgan fingerprint density at radius 3 is 2.43 bits per heavy atom. The third-order valence-corrected chi connectivity index (χ3v) is 15.2. The molecule has 4 aromatic rings. The molecule has 0 radical (unpaired) electrons. The molecular weight excluding hydrogens is 825 g/mol. The maximum absolute atomic E-state index is 14.7. The van der Waals surface area contributed by atoms with Crippen LogP contribution >= 0.6 is 11.3 Å². The third kappa shape index (κ3) is 7.80. The highest BCUT2D eigenvalue weighted by atomic mass is 32.1. The minimum absolute atomic E-state index is 0.00398. The second-order valence-corrected chi connectivity index (χ2v) is 19.1. The first-order chi connectivity index (χ1) is 29.9. The number of ether oxygens (including phenoxy) is 3. The van der Waals surface area contributed by atoms with Gasteiger partial charge >= 0.3 is 5.79 Å². The summed E-state index contributed by atoms with van der Waals surface area (Å²) >= 11 is 1.29. The van der Waals surface area contributed by atoms with Gasteiger partial charge in [-0.05, 0) is 57.5 Å². The summed E-state index contributed by atoms with van der Waals surface area (Å²) in [6, 6.07) is 6.51. The number of nitrogens with zero attached hydrogens (tertiary/aromatic N) is 3. The van der Waals surface area contributed by atoms with E-state index in [0.29, 0.717) is 16.3 Å². The van der Waals surface area contributed by atoms with Crippen molar-refractivity contribution in [2.75, 3.05) is 43.5 Å². The topological polar surface area (TPSA) is 191 Å². The van der Waals surface area contributed by atoms with Crippen molar-refractivity contribution in [1.82, 2.24) is 9.88 Å². The van der Waals surface area contributed by atoms with Gasteiger partial charge in [0, 0.05) is 85.6 Å². The third-order valence-electron chi connectivity index (χ3n) is 14.0. The molecule has 0 aliphatic carbocycles. The number of nitrogens with one attached hydrogen (secondary N) is 1. The lowest BCUT2D eigenvalue weighted by Crippen LogP contribution is -2.50. The zero-order valence-corrected chi connectivity index (χ0v) is 37.9. The van der Waals surface area contributed by atoms with Crippen LogP contribution in [-0.2, 0) is 14.3 Å². The molecule has 14 nitrogen and oxygen atoms in total. The Bertz CT molecular complexity index is 2640. The van der Waals surface area contributed by atoms with Crippen LogP contribution < -0.4 is 20.4 Å². The highest BCUT2D eigenvalue weighted by Crippen LogP contribution is 2.49. The molecule has 2 saturated heterocycles. The number of hydrogen-bond donors (Lipinski definition) is 5. The molecule has 8 rings (SSSR count). The molecule has 0 spiro atoms. The summed E-state index contributed by atoms with van der Waals surface area (Å²) in [7, 11) is 1.47. The Balaban J connectivity index is 1.31. The number of piperazine rings is 1. The molecule has 3 aromatic carbocycles. The molecule has 336 valence electrons. The van der Waals surface area contributed by atoms with Gasteiger partial charge in [0.25, 0.3) is 11.7 Å². The first-order valence-corrected chi connectivity index (χ1v) is 22.7. The quantitative estimate of drug-likeness (QED) is 0.0873. The van der Waals surface area contributed by atoms with Crippen LogP contribution in [0.25, 0.3) is 31.2 Å². The van der Waals surface area contributed by atoms with Crippen molar-refractivity contribution in [3.63, 3.8) is 0 Å². The molecule has 5 N–H and O–H groups in total. The first-order valence-electron chi connectivity index (χ1n) is 21.9. The standard InChI is InChI=1S/C48H58N4O10S/c1-23-11-9-12-24(2)47(59)50-38-43(57)35-34(37-45(38)63-33-21-29(14-15-31(33)49-37)52-19-18-51-17-10-13-30(51)22-52)36-44(28(6)42(35)56)62-48(7,46(36)58)61-20-16-32(60-8)25(3)40(54)27(5)41(55)26(4)39(23)53/h9,11-12,14-16,20-21,23,25-27,30,32,39-41,53-55,57H,10,13,17-19,22H2,1-8H3,(H,50,59)/b11-9+,20-16+,24-12-/t23-,25+,26+,27-,30-,32-,39-,40+,41+,48-/m0/s1. The molecule has 63 heavy (non-hydrogen) atoms. The van der Waals surface area contributed by atoms with E-state index >= 15 is 0 Å². The number of benzene rings is 3. The van der Waals surface area contributed by atoms with Crippen molar-refractivity contribution in [3.05, 3.63) is 75.7 Å². The molecule has 10 atom stereocenters. The number of ketones is 1. The zero-order chi connectivity index (χ0) is 45.2. The highest BCUT2D eigenvalue weighted by molar-refractivity contribution is 7.25. The van der Waals surface area contributed by atoms with Gasteiger partial charge < -0.3 is 44.9 Å². The van der Waals surface area contributed by atoms with E-state index in [9.17, 15) is 34.8 Å². The van der Waals surface area contributed by atoms with Crippen LogP contribution in [0.4, 0.5) is 11.4 Å². The molecule has 0 unspecified atom stereocenters. The van der Waals surface area contributed by atoms with Crippen LogP contribution in [0.5, 0.6) is 11.5 Å². The fourth-order valence-electron chi connectivity index (χ4n) is 9.83. The van der Waals surface area contributed by atoms with Crippen LogP contribution in [0.2, 0.25) is 0 Å². The van der Waals surface area contributed by atoms with Crippen LogP contribution in [0.3, 0.4) is 0 Å². The second kappa shape index (κ2) is 17.2. The first kappa shape index (κ1) is 44.7. The normalized spacial score (nSPS) is 33.0. The number of hydrogen-bond acceptors (Lipinski definition) is 14. The van der Waals surface area contributed by atoms with Crippen LogP contribution in [-0.4, -0.2) is 112 Å². The van der Waals surface area contributed by atoms with Crippen molar-refractivity contribution >= 4 is 65.6 Å². The molecule has 15 heteroatoms. The van der Waals surface area contributed by atoms with Gasteiger partial charge in [0.1, 0.15) is 11.4 Å². The van der Waals surface area contributed by atoms with Gasteiger partial charge in [0.2, 0.25) is 0 Å². The predicted molar refractivity (Wildman–Crippen MR) is 245 cm³/mol. The van der Waals surface area contributed by atoms with Crippen molar-refractivity contribution in [2.45, 2.75) is 97.6 Å². The average molecular weight is 883 g/mol. The summed E-state index contributed by atoms with van der Waals surface area (Å²) in [5, 5.41) is 49.1. The fourth-order valence-corrected chi connectivity index (χ4v) is 10.9. The Hall–Kier alpha value is -4.90. The van der Waals surface area contributed by atoms with Gasteiger partial charge in [-0.15, -0.1) is 11.3 Å². The largest absolute Gasteiger partial charge is 0.505 e. The SMILES string of the molecule is CO[C@H]1/C=C/O[C@@]2(C)Oc3c(C)c(=O)c4c(O)c(c5sc6cc(N7CCN8CCC[C@H]8C7)ccc6nc5c4c3C2=O)NC(=O)/C(C)=C\C=C\[C@H](C)[C@H](O)[C@@H](C)[C@@H](O)[C@@H](C)[C@H](O)[C@@H]1C. The number of aliphatic hydroxyl groups excluding tert-OH is 3. The number of aromatic hydroxyl groups is 1. The predicted octanol–water partition coefficient (Wildman–Crippen LogP) is 6.18. The number of carbonyl (C=O) groups excluding carboxylic acids is 2. The molecule has 0 saturated carbocycles. The average Bonchev–Trinajstić information content (AvgIpc) is 3.86. The number of aromatic nitrogens is 1. The summed E-state index contributed by atoms with van der Waals surface area (Å²) in [4.78, 5) is 53.2. The van der Waals surface area contributed by atoms with Crippen LogP contribution in [0, 0.1) is 30.6 Å². The number of amides is 1. The maximum Gasteiger partial charge on any atom is 0.312 e. The maximum atomic E-state index is 14.7. The highest BCUT2D eigenvalue weighted by Gasteiger charge is 2.49. The Morgan fingerprint density at radius 2 is 1.68 bits per heavy atom. The number of methoxy groups -OCH3 is 1. The van der Waals surface area contributed by atoms with Crippen LogP contribution in [0.1, 0.15) is 70.3 Å². The minimum atomic E-state index is -1.97. The second-order valence-electron chi connectivity index (χ2n) is 18.1. The number of allylic oxidation sites excluding steroid dienone is 2. The van der Waals surface area contributed by atoms with Crippen molar-refractivity contribution in [3.8, 4) is 11.5 Å². The molecule has 1 amide bonds. The van der Waals surface area contributed by atoms with E-state index in [1.807, 2.05) is 12.1 Å². The molecule has 4 aliphatic heterocycles. The lowest BCUT2D eigenvalue weighted by atomic mass is 9.78. The summed E-state index contributed by atoms with van der Waals surface area (Å²) in [5.41, 5.74) is 1.54. The van der Waals surface area contributed by atoms with E-state index in [1.165, 1.54) is 51.1 Å². The van der Waals surface area contributed by atoms with E-state index < -0.39 is 76.7 Å². The number of carbonyl (C=O) groups is 2. The lowest BCUT2D eigenvalue weighted by molar-refractivity contribution is -0.112. The molecule has 2 fully saturated rings. The summed E-state index contributed by atoms with van der Waals surface area (Å²) < 4.78 is 19.2. The minimum Gasteiger partial charge on any atom is -0.505 e. The molecule has 4 aliphatic rings. The summed E-state index contributed by atoms with van der Waals surface area (Å²) in [6.07, 6.45) is 6.18. The van der Waals surface area contributed by atoms with E-state index in [4.69, 9.17) is 19.2 Å². The van der Waals surface area contributed by atoms with Gasteiger partial charge in [-0.2, -0.15) is 0 Å². The van der Waals surface area contributed by atoms with Gasteiger partial charge in [-0.25, -0.2) is 4.98 Å². The van der Waals surface area contributed by atoms with Crippen molar-refractivity contribution in [1.29, 1.82) is 0 Å². The number of rotatable bonds is 2. The molecular formula is C48H58N4O10S. The van der Waals surface area contributed by atoms with Crippen LogP contribution in [0.15, 0.2) is 59.1 Å². The molecule has 1 aromatic heterocycles. The number of anilines is 2. The number of Topliss-reactive ketones (excluding diaryl/α,β-unsaturated/α-hetero) is 1. The Kier molecular flexibility index (Phi) is 12.2. The smallest absolute Gasteiger partial charge is 0.312 e. The molecule has 4 bridgehead atoms. The Morgan fingerprint density at radius 1 is 0.952 bits per heavy atom. The number of phenols is 1. The van der Waals surface area contributed by atoms with Gasteiger partial charge in [-0.1, -0.05) is 45.9 Å². The van der Waals surface area contributed by atoms with E-state index in [0.717, 1.165) is 43.0 Å². The lowest BCUT2D eigenvalue weighted by Gasteiger charge is -2.38. The fraction of sp³-hybridized carbons (Fsp3) is 0.500. The zero-order valence-electron chi connectivity index (χ0n) is 37.0. The van der Waals surface area contributed by atoms with E-state index in [1.54, 1.807) is 52.8 Å². The summed E-state index contributed by atoms with van der Waals surface area (Å²) in [6.45, 7) is 15.4. The van der Waals surface area contributed by atoms with Gasteiger partial charge in [-0.3, -0.25) is 19.3 Å². The van der Waals surface area contributed by atoms with Gasteiger partial charge in [0.05, 0.1) is 62.1 Å². The number of phenolic OH excluding ortho intramolecular Hbond substituents is 1. The van der Waals surface area contributed by atoms with Crippen molar-refractivity contribution < 1.29 is 44.2 Å². The monoisotopic (exact) mass is 882 g/mol. The van der Waals surface area contributed by atoms with E-state index in [2.05, 4.69) is 21.2 Å². The van der Waals surface area contributed by atoms with Crippen molar-refractivity contribution in [2.24, 2.45) is 23.7 Å². The summed E-state index contributed by atoms with van der Waals surface area (Å²) in [5.74, 6) is -6.03.